The smallest absolute Gasteiger partial charge is 0.313 e. The summed E-state index contributed by atoms with van der Waals surface area (Å²) in [6.07, 6.45) is -4.26. The van der Waals surface area contributed by atoms with Gasteiger partial charge in [0, 0.05) is 17.3 Å². The van der Waals surface area contributed by atoms with Crippen molar-refractivity contribution in [2.24, 2.45) is 39.4 Å². The van der Waals surface area contributed by atoms with Gasteiger partial charge in [0.25, 0.3) is 5.97 Å². The van der Waals surface area contributed by atoms with E-state index in [-0.39, 0.29) is 24.4 Å². The van der Waals surface area contributed by atoms with Crippen LogP contribution in [-0.2, 0) is 52.3 Å². The molecule has 3 rings (SSSR count). The standard InChI is InChI=1S/C36H62O11/c1-17-22(25-21(4)26(43-29(37)32(5,6)7)28(42-25)45-31(39)34(11,12)13)46-36(35(14,15)16)40-18-23(47-36)24-19(2)20(3)27(41-24)44-30(38)33(8,9)10/h19-28H,17-18H2,1-16H3/t19-,20-,21+,22+,23+,24-,25-,26-,27+,28+,36?/m1/s1. The summed E-state index contributed by atoms with van der Waals surface area (Å²) in [6.45, 7) is 30.1. The number of rotatable bonds is 8. The fourth-order valence-corrected chi connectivity index (χ4v) is 5.69. The van der Waals surface area contributed by atoms with Crippen LogP contribution in [0.2, 0.25) is 0 Å². The van der Waals surface area contributed by atoms with E-state index in [0.29, 0.717) is 6.42 Å². The molecule has 47 heavy (non-hydrogen) atoms. The molecule has 0 radical (unpaired) electrons. The van der Waals surface area contributed by atoms with Crippen LogP contribution in [0.15, 0.2) is 0 Å². The van der Waals surface area contributed by atoms with Crippen LogP contribution in [0.4, 0.5) is 0 Å². The molecule has 0 aromatic heterocycles. The quantitative estimate of drug-likeness (QED) is 0.211. The Morgan fingerprint density at radius 2 is 1.19 bits per heavy atom. The molecule has 3 saturated heterocycles. The van der Waals surface area contributed by atoms with Gasteiger partial charge in [-0.05, 0) is 74.7 Å². The molecule has 11 atom stereocenters. The van der Waals surface area contributed by atoms with Gasteiger partial charge in [-0.1, -0.05) is 48.5 Å². The van der Waals surface area contributed by atoms with Crippen LogP contribution in [-0.4, -0.2) is 73.6 Å². The number of ether oxygens (including phenoxy) is 8. The van der Waals surface area contributed by atoms with Gasteiger partial charge >= 0.3 is 17.9 Å². The van der Waals surface area contributed by atoms with Gasteiger partial charge in [0.2, 0.25) is 12.6 Å². The predicted octanol–water partition coefficient (Wildman–Crippen LogP) is 6.39. The van der Waals surface area contributed by atoms with E-state index in [9.17, 15) is 14.4 Å². The van der Waals surface area contributed by atoms with Crippen LogP contribution in [0.25, 0.3) is 0 Å². The molecule has 0 aromatic rings. The van der Waals surface area contributed by atoms with Crippen molar-refractivity contribution in [1.29, 1.82) is 0 Å². The van der Waals surface area contributed by atoms with Gasteiger partial charge in [0.05, 0.1) is 41.2 Å². The highest BCUT2D eigenvalue weighted by atomic mass is 16.9. The van der Waals surface area contributed by atoms with Gasteiger partial charge in [-0.2, -0.15) is 0 Å². The first-order chi connectivity index (χ1) is 21.2. The first-order valence-corrected chi connectivity index (χ1v) is 17.2. The lowest BCUT2D eigenvalue weighted by atomic mass is 9.90. The molecule has 0 amide bonds. The normalized spacial score (nSPS) is 35.9. The van der Waals surface area contributed by atoms with Gasteiger partial charge in [-0.25, -0.2) is 0 Å². The van der Waals surface area contributed by atoms with Crippen molar-refractivity contribution in [3.8, 4) is 0 Å². The number of carbonyl (C=O) groups excluding carboxylic acids is 3. The van der Waals surface area contributed by atoms with Gasteiger partial charge in [0.1, 0.15) is 6.10 Å². The third kappa shape index (κ3) is 8.69. The molecule has 0 spiro atoms. The molecule has 3 fully saturated rings. The minimum atomic E-state index is -1.48. The fraction of sp³-hybridized carbons (Fsp3) is 0.917. The summed E-state index contributed by atoms with van der Waals surface area (Å²) >= 11 is 0. The van der Waals surface area contributed by atoms with Crippen molar-refractivity contribution in [1.82, 2.24) is 0 Å². The number of esters is 3. The van der Waals surface area contributed by atoms with E-state index < -0.39 is 88.6 Å². The van der Waals surface area contributed by atoms with Crippen molar-refractivity contribution in [2.45, 2.75) is 166 Å². The van der Waals surface area contributed by atoms with Crippen LogP contribution in [0.3, 0.4) is 0 Å². The maximum absolute atomic E-state index is 13.0. The SMILES string of the molecule is CC[C@H](OC1(C(C)(C)C)OC[C@@H]([C@@H]2O[C@@H](OC(=O)C(C)(C)C)[C@H](C)[C@H]2C)O1)[C@@H]1O[C@@H](OC(=O)C(C)(C)C)[C@H](OC(=O)C(C)(C)C)[C@H]1C. The van der Waals surface area contributed by atoms with Crippen LogP contribution in [0.5, 0.6) is 0 Å². The first-order valence-electron chi connectivity index (χ1n) is 17.2. The zero-order chi connectivity index (χ0) is 36.1. The summed E-state index contributed by atoms with van der Waals surface area (Å²) in [6, 6.07) is 0. The molecule has 0 bridgehead atoms. The second kappa shape index (κ2) is 13.8. The van der Waals surface area contributed by atoms with Gasteiger partial charge < -0.3 is 37.9 Å². The molecule has 11 heteroatoms. The molecule has 3 aliphatic rings. The molecule has 0 aromatic carbocycles. The van der Waals surface area contributed by atoms with E-state index in [1.165, 1.54) is 0 Å². The van der Waals surface area contributed by atoms with E-state index in [0.717, 1.165) is 0 Å². The minimum Gasteiger partial charge on any atom is -0.455 e. The van der Waals surface area contributed by atoms with Crippen molar-refractivity contribution < 1.29 is 52.3 Å². The Hall–Kier alpha value is -1.79. The van der Waals surface area contributed by atoms with Crippen LogP contribution < -0.4 is 0 Å². The van der Waals surface area contributed by atoms with Crippen molar-refractivity contribution in [3.63, 3.8) is 0 Å². The topological polar surface area (TPSA) is 125 Å². The summed E-state index contributed by atoms with van der Waals surface area (Å²) in [4.78, 5) is 38.6. The Morgan fingerprint density at radius 3 is 1.66 bits per heavy atom. The molecule has 272 valence electrons. The lowest BCUT2D eigenvalue weighted by molar-refractivity contribution is -0.408. The average Bonchev–Trinajstić information content (AvgIpc) is 3.57. The lowest BCUT2D eigenvalue weighted by Gasteiger charge is -2.43. The number of hydrogen-bond donors (Lipinski definition) is 0. The highest BCUT2D eigenvalue weighted by Gasteiger charge is 2.60. The molecular weight excluding hydrogens is 608 g/mol. The van der Waals surface area contributed by atoms with Gasteiger partial charge in [-0.15, -0.1) is 0 Å². The third-order valence-corrected chi connectivity index (χ3v) is 9.30. The minimum absolute atomic E-state index is 0.00816. The average molecular weight is 671 g/mol. The molecule has 11 nitrogen and oxygen atoms in total. The van der Waals surface area contributed by atoms with Crippen molar-refractivity contribution in [3.05, 3.63) is 0 Å². The molecule has 0 aliphatic carbocycles. The molecule has 0 N–H and O–H groups in total. The largest absolute Gasteiger partial charge is 0.455 e. The lowest BCUT2D eigenvalue weighted by Crippen LogP contribution is -2.52. The Labute approximate surface area is 282 Å². The van der Waals surface area contributed by atoms with Crippen molar-refractivity contribution >= 4 is 17.9 Å². The van der Waals surface area contributed by atoms with E-state index in [4.69, 9.17) is 37.9 Å². The molecular formula is C36H62O11. The maximum Gasteiger partial charge on any atom is 0.313 e. The number of hydrogen-bond acceptors (Lipinski definition) is 11. The summed E-state index contributed by atoms with van der Waals surface area (Å²) < 4.78 is 50.2. The molecule has 1 unspecified atom stereocenters. The Balaban J connectivity index is 1.85. The summed E-state index contributed by atoms with van der Waals surface area (Å²) in [5, 5.41) is 0. The maximum atomic E-state index is 13.0. The summed E-state index contributed by atoms with van der Waals surface area (Å²) in [5.74, 6) is -3.14. The summed E-state index contributed by atoms with van der Waals surface area (Å²) in [7, 11) is 0. The Morgan fingerprint density at radius 1 is 0.702 bits per heavy atom. The summed E-state index contributed by atoms with van der Waals surface area (Å²) in [5.41, 5.74) is -2.87. The van der Waals surface area contributed by atoms with E-state index in [1.54, 1.807) is 41.5 Å². The number of carbonyl (C=O) groups is 3. The Kier molecular flexibility index (Phi) is 11.7. The molecule has 3 heterocycles. The molecule has 0 saturated carbocycles. The van der Waals surface area contributed by atoms with Crippen LogP contribution >= 0.6 is 0 Å². The first kappa shape index (κ1) is 39.6. The van der Waals surface area contributed by atoms with Crippen molar-refractivity contribution in [2.75, 3.05) is 6.61 Å². The zero-order valence-corrected chi connectivity index (χ0v) is 31.7. The monoisotopic (exact) mass is 670 g/mol. The van der Waals surface area contributed by atoms with Crippen LogP contribution in [0, 0.1) is 39.4 Å². The third-order valence-electron chi connectivity index (χ3n) is 9.30. The predicted molar refractivity (Wildman–Crippen MR) is 173 cm³/mol. The van der Waals surface area contributed by atoms with E-state index in [2.05, 4.69) is 6.92 Å². The highest BCUT2D eigenvalue weighted by molar-refractivity contribution is 5.77. The molecule has 3 aliphatic heterocycles. The second-order valence-corrected chi connectivity index (χ2v) is 17.8. The van der Waals surface area contributed by atoms with Crippen LogP contribution in [0.1, 0.15) is 117 Å². The highest BCUT2D eigenvalue weighted by Crippen LogP contribution is 2.48. The second-order valence-electron chi connectivity index (χ2n) is 17.8. The Bertz CT molecular complexity index is 1120. The zero-order valence-electron chi connectivity index (χ0n) is 31.7. The van der Waals surface area contributed by atoms with Gasteiger partial charge in [-0.3, -0.25) is 14.4 Å². The van der Waals surface area contributed by atoms with Gasteiger partial charge in [0.15, 0.2) is 6.10 Å². The fourth-order valence-electron chi connectivity index (χ4n) is 5.69. The van der Waals surface area contributed by atoms with E-state index >= 15 is 0 Å². The van der Waals surface area contributed by atoms with E-state index in [1.807, 2.05) is 62.3 Å².